The lowest BCUT2D eigenvalue weighted by Crippen LogP contribution is -2.34. The molecular formula is C27H22BrN3O3. The maximum atomic E-state index is 13.0. The van der Waals surface area contributed by atoms with Crippen LogP contribution in [0, 0.1) is 6.92 Å². The first kappa shape index (κ1) is 23.2. The molecule has 0 saturated carbocycles. The number of aryl methyl sites for hydroxylation is 1. The van der Waals surface area contributed by atoms with Crippen LogP contribution >= 0.6 is 15.9 Å². The van der Waals surface area contributed by atoms with Gasteiger partial charge in [-0.3, -0.25) is 14.6 Å². The lowest BCUT2D eigenvalue weighted by atomic mass is 10.1. The molecule has 2 amide bonds. The molecule has 2 heterocycles. The summed E-state index contributed by atoms with van der Waals surface area (Å²) in [6.45, 7) is 2.24. The molecule has 2 N–H and O–H groups in total. The third-order valence-electron chi connectivity index (χ3n) is 5.05. The molecule has 0 aliphatic carbocycles. The van der Waals surface area contributed by atoms with Crippen LogP contribution in [0.5, 0.6) is 0 Å². The number of nitrogens with zero attached hydrogens (tertiary/aromatic N) is 1. The van der Waals surface area contributed by atoms with E-state index in [0.717, 1.165) is 21.2 Å². The predicted octanol–water partition coefficient (Wildman–Crippen LogP) is 5.50. The predicted molar refractivity (Wildman–Crippen MR) is 135 cm³/mol. The summed E-state index contributed by atoms with van der Waals surface area (Å²) in [6, 6.07) is 22.0. The molecule has 4 aromatic rings. The minimum atomic E-state index is -0.432. The molecule has 34 heavy (non-hydrogen) atoms. The van der Waals surface area contributed by atoms with Crippen LogP contribution in [0.2, 0.25) is 0 Å². The van der Waals surface area contributed by atoms with E-state index in [2.05, 4.69) is 31.5 Å². The van der Waals surface area contributed by atoms with Gasteiger partial charge in [0.1, 0.15) is 17.2 Å². The Balaban J connectivity index is 1.57. The summed E-state index contributed by atoms with van der Waals surface area (Å²) < 4.78 is 6.89. The summed E-state index contributed by atoms with van der Waals surface area (Å²) in [5.74, 6) is 0.278. The van der Waals surface area contributed by atoms with Crippen molar-refractivity contribution in [1.29, 1.82) is 0 Å². The van der Waals surface area contributed by atoms with Crippen molar-refractivity contribution in [1.82, 2.24) is 15.6 Å². The molecule has 0 unspecified atom stereocenters. The van der Waals surface area contributed by atoms with Crippen LogP contribution in [0.1, 0.15) is 27.2 Å². The van der Waals surface area contributed by atoms with Crippen LogP contribution in [-0.4, -0.2) is 16.8 Å². The zero-order valence-corrected chi connectivity index (χ0v) is 20.0. The van der Waals surface area contributed by atoms with Gasteiger partial charge in [0.15, 0.2) is 0 Å². The Bertz CT molecular complexity index is 1310. The van der Waals surface area contributed by atoms with Gasteiger partial charge in [0.2, 0.25) is 0 Å². The van der Waals surface area contributed by atoms with Gasteiger partial charge in [-0.05, 0) is 61.0 Å². The van der Waals surface area contributed by atoms with Gasteiger partial charge >= 0.3 is 0 Å². The summed E-state index contributed by atoms with van der Waals surface area (Å²) in [6.07, 6.45) is 4.84. The Morgan fingerprint density at radius 2 is 1.65 bits per heavy atom. The fourth-order valence-corrected chi connectivity index (χ4v) is 3.44. The first-order chi connectivity index (χ1) is 16.5. The minimum Gasteiger partial charge on any atom is -0.457 e. The standard InChI is InChI=1S/C27H22BrN3O3/c1-18-2-4-21(5-3-18)26(32)31-24(27(33)30-17-19-12-14-29-15-13-19)16-23-10-11-25(34-23)20-6-8-22(28)9-7-20/h2-16H,17H2,1H3,(H,30,33)(H,31,32)/b24-16-. The second kappa shape index (κ2) is 10.8. The van der Waals surface area contributed by atoms with Crippen LogP contribution in [0.15, 0.2) is 99.8 Å². The fraction of sp³-hybridized carbons (Fsp3) is 0.0741. The zero-order chi connectivity index (χ0) is 23.9. The molecule has 2 aromatic heterocycles. The van der Waals surface area contributed by atoms with Gasteiger partial charge in [-0.15, -0.1) is 0 Å². The Morgan fingerprint density at radius 1 is 0.941 bits per heavy atom. The van der Waals surface area contributed by atoms with Crippen molar-refractivity contribution in [3.8, 4) is 11.3 Å². The maximum Gasteiger partial charge on any atom is 0.268 e. The number of carbonyl (C=O) groups excluding carboxylic acids is 2. The molecular weight excluding hydrogens is 494 g/mol. The van der Waals surface area contributed by atoms with Crippen LogP contribution in [0.3, 0.4) is 0 Å². The molecule has 0 aliphatic heterocycles. The molecule has 7 heteroatoms. The van der Waals surface area contributed by atoms with Crippen molar-refractivity contribution >= 4 is 33.8 Å². The van der Waals surface area contributed by atoms with Gasteiger partial charge in [-0.25, -0.2) is 0 Å². The second-order valence-electron chi connectivity index (χ2n) is 7.63. The highest BCUT2D eigenvalue weighted by Gasteiger charge is 2.16. The van der Waals surface area contributed by atoms with Gasteiger partial charge in [0, 0.05) is 40.6 Å². The number of carbonyl (C=O) groups is 2. The van der Waals surface area contributed by atoms with Crippen molar-refractivity contribution in [2.75, 3.05) is 0 Å². The SMILES string of the molecule is Cc1ccc(C(=O)N/C(=C\c2ccc(-c3ccc(Br)cc3)o2)C(=O)NCc2ccncc2)cc1. The van der Waals surface area contributed by atoms with Crippen LogP contribution in [0.4, 0.5) is 0 Å². The first-order valence-corrected chi connectivity index (χ1v) is 11.4. The average molecular weight is 516 g/mol. The summed E-state index contributed by atoms with van der Waals surface area (Å²) in [5, 5.41) is 5.56. The van der Waals surface area contributed by atoms with Crippen LogP contribution in [-0.2, 0) is 11.3 Å². The Kier molecular flexibility index (Phi) is 7.34. The molecule has 0 radical (unpaired) electrons. The van der Waals surface area contributed by atoms with E-state index in [-0.39, 0.29) is 11.6 Å². The van der Waals surface area contributed by atoms with E-state index >= 15 is 0 Å². The second-order valence-corrected chi connectivity index (χ2v) is 8.54. The van der Waals surface area contributed by atoms with E-state index < -0.39 is 5.91 Å². The third-order valence-corrected chi connectivity index (χ3v) is 5.58. The number of halogens is 1. The van der Waals surface area contributed by atoms with Crippen molar-refractivity contribution in [3.63, 3.8) is 0 Å². The highest BCUT2D eigenvalue weighted by Crippen LogP contribution is 2.25. The molecule has 0 spiro atoms. The number of nitrogens with one attached hydrogen (secondary N) is 2. The quantitative estimate of drug-likeness (QED) is 0.318. The fourth-order valence-electron chi connectivity index (χ4n) is 3.18. The molecule has 2 aromatic carbocycles. The first-order valence-electron chi connectivity index (χ1n) is 10.6. The molecule has 0 aliphatic rings. The summed E-state index contributed by atoms with van der Waals surface area (Å²) in [5.41, 5.74) is 3.36. The Morgan fingerprint density at radius 3 is 2.35 bits per heavy atom. The smallest absolute Gasteiger partial charge is 0.268 e. The number of aromatic nitrogens is 1. The zero-order valence-electron chi connectivity index (χ0n) is 18.4. The van der Waals surface area contributed by atoms with E-state index in [0.29, 0.717) is 23.6 Å². The topological polar surface area (TPSA) is 84.2 Å². The van der Waals surface area contributed by atoms with E-state index in [1.807, 2.05) is 61.5 Å². The van der Waals surface area contributed by atoms with E-state index in [4.69, 9.17) is 4.42 Å². The van der Waals surface area contributed by atoms with Crippen molar-refractivity contribution in [2.45, 2.75) is 13.5 Å². The van der Waals surface area contributed by atoms with Crippen LogP contribution < -0.4 is 10.6 Å². The minimum absolute atomic E-state index is 0.0799. The van der Waals surface area contributed by atoms with Crippen molar-refractivity contribution < 1.29 is 14.0 Å². The summed E-state index contributed by atoms with van der Waals surface area (Å²) >= 11 is 3.42. The molecule has 0 saturated heterocycles. The number of furan rings is 1. The number of hydrogen-bond donors (Lipinski definition) is 2. The number of pyridine rings is 1. The molecule has 4 rings (SSSR count). The van der Waals surface area contributed by atoms with E-state index in [1.54, 1.807) is 30.6 Å². The Labute approximate surface area is 205 Å². The monoisotopic (exact) mass is 515 g/mol. The number of rotatable bonds is 7. The number of benzene rings is 2. The van der Waals surface area contributed by atoms with Gasteiger partial charge in [-0.1, -0.05) is 45.8 Å². The summed E-state index contributed by atoms with van der Waals surface area (Å²) in [7, 11) is 0. The van der Waals surface area contributed by atoms with Gasteiger partial charge in [0.05, 0.1) is 0 Å². The van der Waals surface area contributed by atoms with Gasteiger partial charge < -0.3 is 15.1 Å². The molecule has 0 bridgehead atoms. The molecule has 0 atom stereocenters. The van der Waals surface area contributed by atoms with Gasteiger partial charge in [-0.2, -0.15) is 0 Å². The molecule has 170 valence electrons. The van der Waals surface area contributed by atoms with E-state index in [9.17, 15) is 9.59 Å². The largest absolute Gasteiger partial charge is 0.457 e. The normalized spacial score (nSPS) is 11.2. The highest BCUT2D eigenvalue weighted by molar-refractivity contribution is 9.10. The highest BCUT2D eigenvalue weighted by atomic mass is 79.9. The molecule has 0 fully saturated rings. The number of hydrogen-bond acceptors (Lipinski definition) is 4. The van der Waals surface area contributed by atoms with Crippen molar-refractivity contribution in [2.24, 2.45) is 0 Å². The van der Waals surface area contributed by atoms with Crippen molar-refractivity contribution in [3.05, 3.63) is 118 Å². The lowest BCUT2D eigenvalue weighted by Gasteiger charge is -2.11. The average Bonchev–Trinajstić information content (AvgIpc) is 3.32. The summed E-state index contributed by atoms with van der Waals surface area (Å²) in [4.78, 5) is 29.8. The molecule has 6 nitrogen and oxygen atoms in total. The van der Waals surface area contributed by atoms with E-state index in [1.165, 1.54) is 6.08 Å². The van der Waals surface area contributed by atoms with Crippen LogP contribution in [0.25, 0.3) is 17.4 Å². The lowest BCUT2D eigenvalue weighted by molar-refractivity contribution is -0.117. The third kappa shape index (κ3) is 6.08. The van der Waals surface area contributed by atoms with Gasteiger partial charge in [0.25, 0.3) is 11.8 Å². The Hall–Kier alpha value is -3.97. The maximum absolute atomic E-state index is 13.0. The number of amides is 2.